The fourth-order valence-corrected chi connectivity index (χ4v) is 2.11. The van der Waals surface area contributed by atoms with Crippen LogP contribution in [0.5, 0.6) is 0 Å². The van der Waals surface area contributed by atoms with Gasteiger partial charge in [-0.2, -0.15) is 0 Å². The van der Waals surface area contributed by atoms with Crippen LogP contribution >= 0.6 is 0 Å². The highest BCUT2D eigenvalue weighted by Crippen LogP contribution is 2.44. The molecule has 1 heterocycles. The normalized spacial score (nSPS) is 17.1. The number of rotatable bonds is 3. The van der Waals surface area contributed by atoms with E-state index in [1.165, 1.54) is 24.0 Å². The lowest BCUT2D eigenvalue weighted by atomic mass is 10.0. The SMILES string of the molecule is CC(N)c1cc(-c2ccccc2C2CC2)no1. The molecule has 0 aliphatic heterocycles. The van der Waals surface area contributed by atoms with Gasteiger partial charge in [0, 0.05) is 11.6 Å². The lowest BCUT2D eigenvalue weighted by Crippen LogP contribution is -2.02. The molecular formula is C14H16N2O. The average Bonchev–Trinajstić information content (AvgIpc) is 3.06. The van der Waals surface area contributed by atoms with Gasteiger partial charge >= 0.3 is 0 Å². The molecule has 88 valence electrons. The van der Waals surface area contributed by atoms with E-state index >= 15 is 0 Å². The van der Waals surface area contributed by atoms with Crippen LogP contribution in [-0.4, -0.2) is 5.16 Å². The van der Waals surface area contributed by atoms with Crippen molar-refractivity contribution < 1.29 is 4.52 Å². The topological polar surface area (TPSA) is 52.0 Å². The van der Waals surface area contributed by atoms with Crippen molar-refractivity contribution in [1.29, 1.82) is 0 Å². The first-order chi connectivity index (χ1) is 8.25. The summed E-state index contributed by atoms with van der Waals surface area (Å²) in [6.07, 6.45) is 2.57. The number of hydrogen-bond donors (Lipinski definition) is 1. The van der Waals surface area contributed by atoms with Gasteiger partial charge in [0.05, 0.1) is 6.04 Å². The second-order valence-corrected chi connectivity index (χ2v) is 4.76. The Balaban J connectivity index is 2.02. The van der Waals surface area contributed by atoms with Crippen molar-refractivity contribution in [2.24, 2.45) is 5.73 Å². The Bertz CT molecular complexity index is 527. The Kier molecular flexibility index (Phi) is 2.48. The van der Waals surface area contributed by atoms with Gasteiger partial charge < -0.3 is 10.3 Å². The van der Waals surface area contributed by atoms with Crippen molar-refractivity contribution in [2.75, 3.05) is 0 Å². The minimum Gasteiger partial charge on any atom is -0.359 e. The molecule has 1 aliphatic rings. The second kappa shape index (κ2) is 4.00. The van der Waals surface area contributed by atoms with E-state index in [-0.39, 0.29) is 6.04 Å². The van der Waals surface area contributed by atoms with E-state index in [9.17, 15) is 0 Å². The quantitative estimate of drug-likeness (QED) is 0.877. The molecule has 1 unspecified atom stereocenters. The Labute approximate surface area is 101 Å². The summed E-state index contributed by atoms with van der Waals surface area (Å²) in [7, 11) is 0. The molecule has 0 bridgehead atoms. The van der Waals surface area contributed by atoms with Crippen molar-refractivity contribution in [1.82, 2.24) is 5.16 Å². The van der Waals surface area contributed by atoms with Crippen molar-refractivity contribution in [3.05, 3.63) is 41.7 Å². The van der Waals surface area contributed by atoms with Crippen LogP contribution in [0.3, 0.4) is 0 Å². The predicted molar refractivity (Wildman–Crippen MR) is 66.5 cm³/mol. The summed E-state index contributed by atoms with van der Waals surface area (Å²) in [4.78, 5) is 0. The third-order valence-electron chi connectivity index (χ3n) is 3.23. The van der Waals surface area contributed by atoms with E-state index < -0.39 is 0 Å². The zero-order valence-electron chi connectivity index (χ0n) is 9.89. The van der Waals surface area contributed by atoms with Gasteiger partial charge in [-0.3, -0.25) is 0 Å². The number of nitrogens with two attached hydrogens (primary N) is 1. The van der Waals surface area contributed by atoms with E-state index in [4.69, 9.17) is 10.3 Å². The van der Waals surface area contributed by atoms with Crippen LogP contribution in [0.25, 0.3) is 11.3 Å². The summed E-state index contributed by atoms with van der Waals surface area (Å²) in [5, 5.41) is 4.12. The summed E-state index contributed by atoms with van der Waals surface area (Å²) >= 11 is 0. The first-order valence-electron chi connectivity index (χ1n) is 6.07. The van der Waals surface area contributed by atoms with Crippen LogP contribution in [0.4, 0.5) is 0 Å². The van der Waals surface area contributed by atoms with Crippen molar-refractivity contribution in [2.45, 2.75) is 31.7 Å². The minimum atomic E-state index is -0.107. The molecule has 1 aliphatic carbocycles. The third kappa shape index (κ3) is 1.98. The monoisotopic (exact) mass is 228 g/mol. The standard InChI is InChI=1S/C14H16N2O/c1-9(15)14-8-13(16-17-14)12-5-3-2-4-11(12)10-6-7-10/h2-5,8-10H,6-7,15H2,1H3. The van der Waals surface area contributed by atoms with Gasteiger partial charge in [0.2, 0.25) is 0 Å². The summed E-state index contributed by atoms with van der Waals surface area (Å²) in [6.45, 7) is 1.90. The lowest BCUT2D eigenvalue weighted by molar-refractivity contribution is 0.369. The van der Waals surface area contributed by atoms with Gasteiger partial charge in [-0.15, -0.1) is 0 Å². The van der Waals surface area contributed by atoms with E-state index in [1.54, 1.807) is 0 Å². The maximum Gasteiger partial charge on any atom is 0.153 e. The summed E-state index contributed by atoms with van der Waals surface area (Å²) in [5.41, 5.74) is 9.26. The van der Waals surface area contributed by atoms with Crippen LogP contribution < -0.4 is 5.73 Å². The van der Waals surface area contributed by atoms with Crippen molar-refractivity contribution in [3.8, 4) is 11.3 Å². The van der Waals surface area contributed by atoms with Gasteiger partial charge in [-0.25, -0.2) is 0 Å². The van der Waals surface area contributed by atoms with E-state index in [2.05, 4.69) is 23.4 Å². The zero-order chi connectivity index (χ0) is 11.8. The Morgan fingerprint density at radius 3 is 2.76 bits per heavy atom. The lowest BCUT2D eigenvalue weighted by Gasteiger charge is -2.04. The molecule has 0 spiro atoms. The van der Waals surface area contributed by atoms with Gasteiger partial charge in [0.1, 0.15) is 5.69 Å². The van der Waals surface area contributed by atoms with Crippen molar-refractivity contribution >= 4 is 0 Å². The smallest absolute Gasteiger partial charge is 0.153 e. The molecule has 2 aromatic rings. The molecule has 0 radical (unpaired) electrons. The van der Waals surface area contributed by atoms with Gasteiger partial charge in [0.15, 0.2) is 5.76 Å². The van der Waals surface area contributed by atoms with Crippen LogP contribution in [-0.2, 0) is 0 Å². The maximum absolute atomic E-state index is 5.78. The van der Waals surface area contributed by atoms with Crippen LogP contribution in [0.2, 0.25) is 0 Å². The van der Waals surface area contributed by atoms with E-state index in [0.29, 0.717) is 5.92 Å². The predicted octanol–water partition coefficient (Wildman–Crippen LogP) is 3.24. The number of nitrogens with zero attached hydrogens (tertiary/aromatic N) is 1. The molecular weight excluding hydrogens is 212 g/mol. The molecule has 1 aromatic heterocycles. The zero-order valence-corrected chi connectivity index (χ0v) is 9.89. The van der Waals surface area contributed by atoms with E-state index in [1.807, 2.05) is 19.1 Å². The average molecular weight is 228 g/mol. The Hall–Kier alpha value is -1.61. The third-order valence-corrected chi connectivity index (χ3v) is 3.23. The van der Waals surface area contributed by atoms with Gasteiger partial charge in [-0.05, 0) is 31.2 Å². The maximum atomic E-state index is 5.78. The summed E-state index contributed by atoms with van der Waals surface area (Å²) < 4.78 is 5.26. The van der Waals surface area contributed by atoms with Crippen LogP contribution in [0.15, 0.2) is 34.9 Å². The molecule has 2 N–H and O–H groups in total. The molecule has 0 saturated heterocycles. The molecule has 3 heteroatoms. The highest BCUT2D eigenvalue weighted by Gasteiger charge is 2.26. The fraction of sp³-hybridized carbons (Fsp3) is 0.357. The van der Waals surface area contributed by atoms with Crippen LogP contribution in [0, 0.1) is 0 Å². The van der Waals surface area contributed by atoms with Crippen molar-refractivity contribution in [3.63, 3.8) is 0 Å². The molecule has 0 amide bonds. The van der Waals surface area contributed by atoms with Gasteiger partial charge in [-0.1, -0.05) is 29.4 Å². The fourth-order valence-electron chi connectivity index (χ4n) is 2.11. The molecule has 1 saturated carbocycles. The molecule has 1 aromatic carbocycles. The minimum absolute atomic E-state index is 0.107. The second-order valence-electron chi connectivity index (χ2n) is 4.76. The van der Waals surface area contributed by atoms with E-state index in [0.717, 1.165) is 11.5 Å². The van der Waals surface area contributed by atoms with Gasteiger partial charge in [0.25, 0.3) is 0 Å². The Morgan fingerprint density at radius 2 is 2.12 bits per heavy atom. The molecule has 1 fully saturated rings. The summed E-state index contributed by atoms with van der Waals surface area (Å²) in [5.74, 6) is 1.45. The highest BCUT2D eigenvalue weighted by atomic mass is 16.5. The molecule has 3 rings (SSSR count). The van der Waals surface area contributed by atoms with Crippen LogP contribution in [0.1, 0.15) is 43.0 Å². The number of hydrogen-bond acceptors (Lipinski definition) is 3. The Morgan fingerprint density at radius 1 is 1.35 bits per heavy atom. The first kappa shape index (κ1) is 10.5. The molecule has 3 nitrogen and oxygen atoms in total. The first-order valence-corrected chi connectivity index (χ1v) is 6.07. The molecule has 17 heavy (non-hydrogen) atoms. The largest absolute Gasteiger partial charge is 0.359 e. The molecule has 1 atom stereocenters. The summed E-state index contributed by atoms with van der Waals surface area (Å²) in [6, 6.07) is 10.3. The highest BCUT2D eigenvalue weighted by molar-refractivity contribution is 5.65. The number of aromatic nitrogens is 1. The number of benzene rings is 1.